The van der Waals surface area contributed by atoms with Crippen LogP contribution in [0.15, 0.2) is 18.2 Å². The highest BCUT2D eigenvalue weighted by atomic mass is 16.7. The van der Waals surface area contributed by atoms with Gasteiger partial charge in [-0.15, -0.1) is 0 Å². The fourth-order valence-corrected chi connectivity index (χ4v) is 2.16. The second kappa shape index (κ2) is 6.16. The van der Waals surface area contributed by atoms with E-state index < -0.39 is 0 Å². The van der Waals surface area contributed by atoms with Gasteiger partial charge in [-0.3, -0.25) is 4.79 Å². The van der Waals surface area contributed by atoms with E-state index in [9.17, 15) is 4.79 Å². The van der Waals surface area contributed by atoms with E-state index in [4.69, 9.17) is 9.47 Å². The van der Waals surface area contributed by atoms with Crippen molar-refractivity contribution in [3.63, 3.8) is 0 Å². The fraction of sp³-hybridized carbons (Fsp3) is 0.562. The van der Waals surface area contributed by atoms with Gasteiger partial charge in [-0.1, -0.05) is 33.3 Å². The van der Waals surface area contributed by atoms with Gasteiger partial charge in [0.15, 0.2) is 11.5 Å². The number of carbonyl (C=O) groups excluding carboxylic acids is 1. The largest absolute Gasteiger partial charge is 0.454 e. The second-order valence-corrected chi connectivity index (χ2v) is 5.83. The molecule has 1 amide bonds. The summed E-state index contributed by atoms with van der Waals surface area (Å²) in [5, 5.41) is 3.01. The Kier molecular flexibility index (Phi) is 4.53. The molecular formula is C16H23NO3. The zero-order valence-electron chi connectivity index (χ0n) is 12.5. The summed E-state index contributed by atoms with van der Waals surface area (Å²) in [6.45, 7) is 7.22. The van der Waals surface area contributed by atoms with Crippen LogP contribution in [0.4, 0.5) is 0 Å². The van der Waals surface area contributed by atoms with E-state index >= 15 is 0 Å². The number of nitrogens with one attached hydrogen (secondary N) is 1. The molecule has 4 heteroatoms. The Balaban J connectivity index is 1.97. The molecule has 20 heavy (non-hydrogen) atoms. The number of ether oxygens (including phenoxy) is 2. The molecule has 1 aliphatic rings. The molecule has 0 fully saturated rings. The highest BCUT2D eigenvalue weighted by Gasteiger charge is 2.24. The van der Waals surface area contributed by atoms with Crippen LogP contribution in [0.2, 0.25) is 0 Å². The Bertz CT molecular complexity index is 483. The SMILES string of the molecule is CCCCC(=O)NCC(C)(C)c1ccc2c(c1)OCO2. The smallest absolute Gasteiger partial charge is 0.231 e. The predicted octanol–water partition coefficient (Wildman–Crippen LogP) is 3.00. The van der Waals surface area contributed by atoms with E-state index in [1.54, 1.807) is 0 Å². The molecule has 1 aromatic carbocycles. The third-order valence-electron chi connectivity index (χ3n) is 3.64. The summed E-state index contributed by atoms with van der Waals surface area (Å²) < 4.78 is 10.7. The average Bonchev–Trinajstić information content (AvgIpc) is 2.90. The lowest BCUT2D eigenvalue weighted by Gasteiger charge is -2.26. The molecule has 0 radical (unpaired) electrons. The molecule has 0 atom stereocenters. The molecule has 1 aromatic rings. The number of carbonyl (C=O) groups is 1. The van der Waals surface area contributed by atoms with Gasteiger partial charge in [0.05, 0.1) is 0 Å². The second-order valence-electron chi connectivity index (χ2n) is 5.83. The molecule has 0 aliphatic carbocycles. The van der Waals surface area contributed by atoms with Gasteiger partial charge in [-0.25, -0.2) is 0 Å². The third-order valence-corrected chi connectivity index (χ3v) is 3.64. The molecule has 1 N–H and O–H groups in total. The van der Waals surface area contributed by atoms with Crippen LogP contribution in [0.25, 0.3) is 0 Å². The molecular weight excluding hydrogens is 254 g/mol. The molecule has 0 spiro atoms. The Labute approximate surface area is 120 Å². The first-order valence-electron chi connectivity index (χ1n) is 7.20. The van der Waals surface area contributed by atoms with Crippen molar-refractivity contribution in [2.24, 2.45) is 0 Å². The van der Waals surface area contributed by atoms with Crippen LogP contribution in [-0.2, 0) is 10.2 Å². The number of hydrogen-bond acceptors (Lipinski definition) is 3. The summed E-state index contributed by atoms with van der Waals surface area (Å²) in [4.78, 5) is 11.7. The lowest BCUT2D eigenvalue weighted by atomic mass is 9.84. The molecule has 110 valence electrons. The minimum Gasteiger partial charge on any atom is -0.454 e. The van der Waals surface area contributed by atoms with Crippen molar-refractivity contribution in [3.05, 3.63) is 23.8 Å². The predicted molar refractivity (Wildman–Crippen MR) is 78.1 cm³/mol. The molecule has 0 saturated heterocycles. The molecule has 0 bridgehead atoms. The normalized spacial score (nSPS) is 13.3. The van der Waals surface area contributed by atoms with Crippen molar-refractivity contribution in [2.45, 2.75) is 45.4 Å². The lowest BCUT2D eigenvalue weighted by molar-refractivity contribution is -0.121. The van der Waals surface area contributed by atoms with Crippen molar-refractivity contribution in [2.75, 3.05) is 13.3 Å². The molecule has 1 heterocycles. The van der Waals surface area contributed by atoms with E-state index in [-0.39, 0.29) is 18.1 Å². The third kappa shape index (κ3) is 3.44. The van der Waals surface area contributed by atoms with E-state index in [2.05, 4.69) is 26.1 Å². The van der Waals surface area contributed by atoms with Crippen molar-refractivity contribution < 1.29 is 14.3 Å². The maximum absolute atomic E-state index is 11.7. The maximum atomic E-state index is 11.7. The first-order chi connectivity index (χ1) is 9.53. The first-order valence-corrected chi connectivity index (χ1v) is 7.20. The average molecular weight is 277 g/mol. The molecule has 0 saturated carbocycles. The molecule has 0 unspecified atom stereocenters. The number of rotatable bonds is 6. The summed E-state index contributed by atoms with van der Waals surface area (Å²) in [5.41, 5.74) is 1.00. The summed E-state index contributed by atoms with van der Waals surface area (Å²) in [7, 11) is 0. The Morgan fingerprint density at radius 3 is 2.80 bits per heavy atom. The van der Waals surface area contributed by atoms with Gasteiger partial charge in [0, 0.05) is 18.4 Å². The van der Waals surface area contributed by atoms with Gasteiger partial charge in [0.25, 0.3) is 0 Å². The van der Waals surface area contributed by atoms with Gasteiger partial charge in [-0.2, -0.15) is 0 Å². The molecule has 2 rings (SSSR count). The molecule has 1 aliphatic heterocycles. The first kappa shape index (κ1) is 14.7. The van der Waals surface area contributed by atoms with Gasteiger partial charge in [0.2, 0.25) is 12.7 Å². The highest BCUT2D eigenvalue weighted by molar-refractivity contribution is 5.75. The summed E-state index contributed by atoms with van der Waals surface area (Å²) in [6, 6.07) is 5.96. The molecule has 0 aromatic heterocycles. The van der Waals surface area contributed by atoms with E-state index in [0.29, 0.717) is 13.0 Å². The fourth-order valence-electron chi connectivity index (χ4n) is 2.16. The van der Waals surface area contributed by atoms with Crippen LogP contribution in [0.5, 0.6) is 11.5 Å². The standard InChI is InChI=1S/C16H23NO3/c1-4-5-6-15(18)17-10-16(2,3)12-7-8-13-14(9-12)20-11-19-13/h7-9H,4-6,10-11H2,1-3H3,(H,17,18). The van der Waals surface area contributed by atoms with Crippen molar-refractivity contribution in [1.29, 1.82) is 0 Å². The topological polar surface area (TPSA) is 47.6 Å². The van der Waals surface area contributed by atoms with Crippen LogP contribution in [0.3, 0.4) is 0 Å². The van der Waals surface area contributed by atoms with E-state index in [1.807, 2.05) is 18.2 Å². The zero-order valence-corrected chi connectivity index (χ0v) is 12.5. The number of hydrogen-bond donors (Lipinski definition) is 1. The molecule has 4 nitrogen and oxygen atoms in total. The summed E-state index contributed by atoms with van der Waals surface area (Å²) in [5.74, 6) is 1.70. The zero-order chi connectivity index (χ0) is 14.6. The van der Waals surface area contributed by atoms with Crippen LogP contribution in [0.1, 0.15) is 45.6 Å². The van der Waals surface area contributed by atoms with Crippen LogP contribution in [0, 0.1) is 0 Å². The van der Waals surface area contributed by atoms with Crippen molar-refractivity contribution >= 4 is 5.91 Å². The quantitative estimate of drug-likeness (QED) is 0.869. The van der Waals surface area contributed by atoms with E-state index in [1.165, 1.54) is 0 Å². The number of fused-ring (bicyclic) bond motifs is 1. The lowest BCUT2D eigenvalue weighted by Crippen LogP contribution is -2.36. The van der Waals surface area contributed by atoms with Gasteiger partial charge >= 0.3 is 0 Å². The van der Waals surface area contributed by atoms with Crippen molar-refractivity contribution in [1.82, 2.24) is 5.32 Å². The number of unbranched alkanes of at least 4 members (excludes halogenated alkanes) is 1. The van der Waals surface area contributed by atoms with Crippen LogP contribution >= 0.6 is 0 Å². The Morgan fingerprint density at radius 1 is 1.30 bits per heavy atom. The Hall–Kier alpha value is -1.71. The monoisotopic (exact) mass is 277 g/mol. The number of benzene rings is 1. The van der Waals surface area contributed by atoms with Crippen LogP contribution < -0.4 is 14.8 Å². The maximum Gasteiger partial charge on any atom is 0.231 e. The highest BCUT2D eigenvalue weighted by Crippen LogP contribution is 2.36. The summed E-state index contributed by atoms with van der Waals surface area (Å²) >= 11 is 0. The number of amides is 1. The minimum atomic E-state index is -0.136. The Morgan fingerprint density at radius 2 is 2.05 bits per heavy atom. The summed E-state index contributed by atoms with van der Waals surface area (Å²) in [6.07, 6.45) is 2.59. The van der Waals surface area contributed by atoms with Crippen molar-refractivity contribution in [3.8, 4) is 11.5 Å². The van der Waals surface area contributed by atoms with E-state index in [0.717, 1.165) is 29.9 Å². The minimum absolute atomic E-state index is 0.126. The van der Waals surface area contributed by atoms with Gasteiger partial charge in [-0.05, 0) is 24.1 Å². The van der Waals surface area contributed by atoms with Gasteiger partial charge in [0.1, 0.15) is 0 Å². The van der Waals surface area contributed by atoms with Crippen LogP contribution in [-0.4, -0.2) is 19.2 Å². The van der Waals surface area contributed by atoms with Gasteiger partial charge < -0.3 is 14.8 Å².